The van der Waals surface area contributed by atoms with Gasteiger partial charge in [0.25, 0.3) is 0 Å². The van der Waals surface area contributed by atoms with Crippen LogP contribution in [-0.4, -0.2) is 4.98 Å². The molecule has 0 amide bonds. The summed E-state index contributed by atoms with van der Waals surface area (Å²) >= 11 is 0. The van der Waals surface area contributed by atoms with Gasteiger partial charge in [0.2, 0.25) is 0 Å². The molecular weight excluding hydrogens is 182 g/mol. The SMILES string of the molecule is Cc1cccnc1C(C)c1ccccc1. The second kappa shape index (κ2) is 4.26. The Hall–Kier alpha value is -1.63. The van der Waals surface area contributed by atoms with Gasteiger partial charge in [-0.05, 0) is 24.1 Å². The number of aromatic nitrogens is 1. The number of benzene rings is 1. The van der Waals surface area contributed by atoms with Gasteiger partial charge >= 0.3 is 0 Å². The fraction of sp³-hybridized carbons (Fsp3) is 0.214. The highest BCUT2D eigenvalue weighted by Crippen LogP contribution is 2.23. The van der Waals surface area contributed by atoms with Crippen molar-refractivity contribution in [2.24, 2.45) is 0 Å². The van der Waals surface area contributed by atoms with Gasteiger partial charge in [-0.1, -0.05) is 43.3 Å². The maximum absolute atomic E-state index is 4.45. The minimum Gasteiger partial charge on any atom is -0.260 e. The van der Waals surface area contributed by atoms with E-state index in [-0.39, 0.29) is 0 Å². The van der Waals surface area contributed by atoms with Crippen molar-refractivity contribution in [1.82, 2.24) is 4.98 Å². The summed E-state index contributed by atoms with van der Waals surface area (Å²) in [5, 5.41) is 0. The lowest BCUT2D eigenvalue weighted by Gasteiger charge is -2.13. The van der Waals surface area contributed by atoms with Gasteiger partial charge in [0.15, 0.2) is 0 Å². The molecule has 15 heavy (non-hydrogen) atoms. The summed E-state index contributed by atoms with van der Waals surface area (Å²) in [5.74, 6) is 0.368. The highest BCUT2D eigenvalue weighted by atomic mass is 14.7. The van der Waals surface area contributed by atoms with E-state index in [4.69, 9.17) is 0 Å². The van der Waals surface area contributed by atoms with E-state index >= 15 is 0 Å². The summed E-state index contributed by atoms with van der Waals surface area (Å²) in [5.41, 5.74) is 3.75. The Labute approximate surface area is 90.8 Å². The maximum atomic E-state index is 4.45. The van der Waals surface area contributed by atoms with Gasteiger partial charge in [0.1, 0.15) is 0 Å². The van der Waals surface area contributed by atoms with E-state index in [1.165, 1.54) is 16.8 Å². The van der Waals surface area contributed by atoms with Crippen LogP contribution in [-0.2, 0) is 0 Å². The molecule has 2 aromatic rings. The topological polar surface area (TPSA) is 12.9 Å². The first kappa shape index (κ1) is 9.91. The Balaban J connectivity index is 2.37. The molecule has 0 spiro atoms. The van der Waals surface area contributed by atoms with Crippen LogP contribution in [0.4, 0.5) is 0 Å². The first-order valence-corrected chi connectivity index (χ1v) is 5.25. The van der Waals surface area contributed by atoms with Crippen LogP contribution < -0.4 is 0 Å². The van der Waals surface area contributed by atoms with E-state index in [1.54, 1.807) is 0 Å². The quantitative estimate of drug-likeness (QED) is 0.717. The summed E-state index contributed by atoms with van der Waals surface area (Å²) in [6.07, 6.45) is 1.86. The molecule has 0 saturated heterocycles. The Morgan fingerprint density at radius 1 is 1.00 bits per heavy atom. The van der Waals surface area contributed by atoms with Crippen LogP contribution in [0.25, 0.3) is 0 Å². The Morgan fingerprint density at radius 2 is 1.73 bits per heavy atom. The van der Waals surface area contributed by atoms with Gasteiger partial charge in [0.05, 0.1) is 5.69 Å². The molecule has 0 aliphatic rings. The lowest BCUT2D eigenvalue weighted by molar-refractivity contribution is 0.858. The van der Waals surface area contributed by atoms with E-state index in [0.29, 0.717) is 5.92 Å². The van der Waals surface area contributed by atoms with Gasteiger partial charge in [-0.3, -0.25) is 4.98 Å². The summed E-state index contributed by atoms with van der Waals surface area (Å²) in [6.45, 7) is 4.31. The van der Waals surface area contributed by atoms with Crippen molar-refractivity contribution in [3.63, 3.8) is 0 Å². The summed E-state index contributed by atoms with van der Waals surface area (Å²) in [7, 11) is 0. The molecule has 0 saturated carbocycles. The fourth-order valence-corrected chi connectivity index (χ4v) is 1.85. The van der Waals surface area contributed by atoms with Crippen LogP contribution in [0.2, 0.25) is 0 Å². The van der Waals surface area contributed by atoms with Gasteiger partial charge in [0, 0.05) is 12.1 Å². The van der Waals surface area contributed by atoms with Crippen molar-refractivity contribution in [1.29, 1.82) is 0 Å². The molecule has 1 aromatic heterocycles. The van der Waals surface area contributed by atoms with Crippen LogP contribution in [0.15, 0.2) is 48.7 Å². The Morgan fingerprint density at radius 3 is 2.40 bits per heavy atom. The van der Waals surface area contributed by atoms with E-state index in [0.717, 1.165) is 0 Å². The number of hydrogen-bond acceptors (Lipinski definition) is 1. The number of pyridine rings is 1. The Kier molecular flexibility index (Phi) is 2.82. The summed E-state index contributed by atoms with van der Waals surface area (Å²) in [4.78, 5) is 4.45. The number of aryl methyl sites for hydroxylation is 1. The number of rotatable bonds is 2. The standard InChI is InChI=1S/C14H15N/c1-11-7-6-10-15-14(11)12(2)13-8-4-3-5-9-13/h3-10,12H,1-2H3. The smallest absolute Gasteiger partial charge is 0.0504 e. The molecule has 0 fully saturated rings. The zero-order valence-electron chi connectivity index (χ0n) is 9.14. The van der Waals surface area contributed by atoms with Crippen molar-refractivity contribution in [3.05, 3.63) is 65.5 Å². The molecule has 0 aliphatic carbocycles. The molecule has 0 aliphatic heterocycles. The van der Waals surface area contributed by atoms with Gasteiger partial charge in [-0.15, -0.1) is 0 Å². The first-order valence-electron chi connectivity index (χ1n) is 5.25. The lowest BCUT2D eigenvalue weighted by Crippen LogP contribution is -2.01. The Bertz CT molecular complexity index is 434. The molecule has 1 atom stereocenters. The fourth-order valence-electron chi connectivity index (χ4n) is 1.85. The van der Waals surface area contributed by atoms with E-state index in [2.05, 4.69) is 49.2 Å². The molecule has 1 heterocycles. The van der Waals surface area contributed by atoms with Gasteiger partial charge in [-0.2, -0.15) is 0 Å². The average molecular weight is 197 g/mol. The predicted molar refractivity (Wildman–Crippen MR) is 62.9 cm³/mol. The third-order valence-corrected chi connectivity index (χ3v) is 2.76. The third-order valence-electron chi connectivity index (χ3n) is 2.76. The summed E-state index contributed by atoms with van der Waals surface area (Å²) < 4.78 is 0. The van der Waals surface area contributed by atoms with Crippen molar-refractivity contribution < 1.29 is 0 Å². The molecule has 0 radical (unpaired) electrons. The minimum atomic E-state index is 0.368. The number of hydrogen-bond donors (Lipinski definition) is 0. The van der Waals surface area contributed by atoms with Crippen LogP contribution in [0.3, 0.4) is 0 Å². The zero-order chi connectivity index (χ0) is 10.7. The molecular formula is C14H15N. The average Bonchev–Trinajstić information content (AvgIpc) is 2.30. The first-order chi connectivity index (χ1) is 7.29. The maximum Gasteiger partial charge on any atom is 0.0504 e. The molecule has 0 bridgehead atoms. The lowest BCUT2D eigenvalue weighted by atomic mass is 9.95. The van der Waals surface area contributed by atoms with Crippen LogP contribution in [0, 0.1) is 6.92 Å². The molecule has 2 rings (SSSR count). The van der Waals surface area contributed by atoms with Crippen molar-refractivity contribution in [2.75, 3.05) is 0 Å². The highest BCUT2D eigenvalue weighted by molar-refractivity contribution is 5.31. The monoisotopic (exact) mass is 197 g/mol. The van der Waals surface area contributed by atoms with Crippen molar-refractivity contribution in [2.45, 2.75) is 19.8 Å². The zero-order valence-corrected chi connectivity index (χ0v) is 9.14. The second-order valence-electron chi connectivity index (χ2n) is 3.84. The molecule has 1 unspecified atom stereocenters. The van der Waals surface area contributed by atoms with Gasteiger partial charge < -0.3 is 0 Å². The van der Waals surface area contributed by atoms with Crippen LogP contribution in [0.5, 0.6) is 0 Å². The van der Waals surface area contributed by atoms with E-state index in [1.807, 2.05) is 18.3 Å². The predicted octanol–water partition coefficient (Wildman–Crippen LogP) is 3.54. The van der Waals surface area contributed by atoms with E-state index in [9.17, 15) is 0 Å². The van der Waals surface area contributed by atoms with Crippen molar-refractivity contribution >= 4 is 0 Å². The highest BCUT2D eigenvalue weighted by Gasteiger charge is 2.10. The van der Waals surface area contributed by atoms with Gasteiger partial charge in [-0.25, -0.2) is 0 Å². The number of nitrogens with zero attached hydrogens (tertiary/aromatic N) is 1. The third kappa shape index (κ3) is 2.07. The molecule has 1 heteroatoms. The molecule has 0 N–H and O–H groups in total. The molecule has 1 aromatic carbocycles. The second-order valence-corrected chi connectivity index (χ2v) is 3.84. The van der Waals surface area contributed by atoms with Crippen molar-refractivity contribution in [3.8, 4) is 0 Å². The summed E-state index contributed by atoms with van der Waals surface area (Å²) in [6, 6.07) is 14.6. The molecule has 1 nitrogen and oxygen atoms in total. The largest absolute Gasteiger partial charge is 0.260 e. The van der Waals surface area contributed by atoms with Crippen LogP contribution in [0.1, 0.15) is 29.7 Å². The normalized spacial score (nSPS) is 12.4. The molecule has 76 valence electrons. The van der Waals surface area contributed by atoms with E-state index < -0.39 is 0 Å². The minimum absolute atomic E-state index is 0.368. The van der Waals surface area contributed by atoms with Crippen LogP contribution >= 0.6 is 0 Å².